The molecule has 2 aliphatic rings. The molecule has 0 radical (unpaired) electrons. The Kier molecular flexibility index (Phi) is 8.15. The number of amides is 1. The Morgan fingerprint density at radius 2 is 1.55 bits per heavy atom. The number of aliphatic hydroxyl groups is 4. The van der Waals surface area contributed by atoms with Gasteiger partial charge < -0.3 is 35.0 Å². The minimum absolute atomic E-state index is 0.0188. The van der Waals surface area contributed by atoms with Gasteiger partial charge in [-0.3, -0.25) is 4.79 Å². The molecule has 1 amide bonds. The normalized spacial score (nSPS) is 23.3. The van der Waals surface area contributed by atoms with Crippen molar-refractivity contribution in [2.45, 2.75) is 50.1 Å². The fraction of sp³-hybridized carbons (Fsp3) is 0.387. The molecule has 1 aliphatic carbocycles. The summed E-state index contributed by atoms with van der Waals surface area (Å²) in [6, 6.07) is 17.2. The van der Waals surface area contributed by atoms with Crippen molar-refractivity contribution in [2.75, 3.05) is 19.7 Å². The van der Waals surface area contributed by atoms with Crippen molar-refractivity contribution in [3.8, 4) is 28.4 Å². The molecule has 2 aromatic carbocycles. The molecule has 5 N–H and O–H groups in total. The Hall–Kier alpha value is -3.54. The van der Waals surface area contributed by atoms with E-state index in [9.17, 15) is 25.2 Å². The highest BCUT2D eigenvalue weighted by atomic mass is 35.5. The van der Waals surface area contributed by atoms with E-state index in [0.29, 0.717) is 66.2 Å². The van der Waals surface area contributed by atoms with Crippen LogP contribution in [0.15, 0.2) is 54.6 Å². The van der Waals surface area contributed by atoms with Crippen LogP contribution in [-0.4, -0.2) is 90.3 Å². The monoisotopic (exact) mass is 592 g/mol. The van der Waals surface area contributed by atoms with E-state index in [1.807, 2.05) is 48.5 Å². The van der Waals surface area contributed by atoms with Crippen LogP contribution < -0.4 is 4.74 Å². The van der Waals surface area contributed by atoms with Gasteiger partial charge in [-0.1, -0.05) is 48.0 Å². The lowest BCUT2D eigenvalue weighted by atomic mass is 9.83. The maximum atomic E-state index is 12.8. The number of hydrogen-bond acceptors (Lipinski definition) is 8. The molecule has 11 heteroatoms. The molecule has 1 saturated heterocycles. The largest absolute Gasteiger partial charge is 0.459 e. The number of H-pyrrole nitrogens is 1. The number of piperidine rings is 1. The van der Waals surface area contributed by atoms with Crippen LogP contribution in [0.4, 0.5) is 0 Å². The van der Waals surface area contributed by atoms with Gasteiger partial charge in [0.15, 0.2) is 5.65 Å². The van der Waals surface area contributed by atoms with Crippen LogP contribution in [0.3, 0.4) is 0 Å². The summed E-state index contributed by atoms with van der Waals surface area (Å²) in [5, 5.41) is 40.2. The molecule has 0 unspecified atom stereocenters. The molecule has 3 heterocycles. The van der Waals surface area contributed by atoms with Crippen molar-refractivity contribution in [3.05, 3.63) is 65.2 Å². The third-order valence-electron chi connectivity index (χ3n) is 8.31. The first-order chi connectivity index (χ1) is 20.3. The Labute approximate surface area is 247 Å². The highest BCUT2D eigenvalue weighted by Crippen LogP contribution is 2.33. The zero-order valence-electron chi connectivity index (χ0n) is 22.9. The number of aromatic amines is 1. The molecule has 4 atom stereocenters. The van der Waals surface area contributed by atoms with Crippen LogP contribution in [0, 0.1) is 5.92 Å². The van der Waals surface area contributed by atoms with E-state index in [-0.39, 0.29) is 30.5 Å². The van der Waals surface area contributed by atoms with Gasteiger partial charge >= 0.3 is 0 Å². The van der Waals surface area contributed by atoms with Gasteiger partial charge in [-0.05, 0) is 55.0 Å². The minimum atomic E-state index is -1.14. The quantitative estimate of drug-likeness (QED) is 0.228. The number of fused-ring (bicyclic) bond motifs is 1. The molecule has 6 rings (SSSR count). The molecule has 1 aliphatic heterocycles. The van der Waals surface area contributed by atoms with E-state index in [1.165, 1.54) is 0 Å². The molecule has 1 saturated carbocycles. The first-order valence-electron chi connectivity index (χ1n) is 14.2. The van der Waals surface area contributed by atoms with Gasteiger partial charge in [0.1, 0.15) is 12.2 Å². The number of benzene rings is 2. The van der Waals surface area contributed by atoms with Crippen molar-refractivity contribution >= 4 is 28.7 Å². The number of nitrogens with one attached hydrogen (secondary N) is 1. The fourth-order valence-corrected chi connectivity index (χ4v) is 5.98. The van der Waals surface area contributed by atoms with Crippen molar-refractivity contribution in [2.24, 2.45) is 5.92 Å². The number of halogens is 1. The molecular weight excluding hydrogens is 560 g/mol. The van der Waals surface area contributed by atoms with Gasteiger partial charge in [0.05, 0.1) is 28.4 Å². The summed E-state index contributed by atoms with van der Waals surface area (Å²) < 4.78 is 5.85. The van der Waals surface area contributed by atoms with Crippen LogP contribution in [0.5, 0.6) is 6.01 Å². The second-order valence-electron chi connectivity index (χ2n) is 11.1. The van der Waals surface area contributed by atoms with Gasteiger partial charge in [0, 0.05) is 36.7 Å². The van der Waals surface area contributed by atoms with Gasteiger partial charge in [-0.25, -0.2) is 4.98 Å². The average Bonchev–Trinajstić information content (AvgIpc) is 3.40. The Morgan fingerprint density at radius 1 is 0.905 bits per heavy atom. The average molecular weight is 593 g/mol. The zero-order valence-corrected chi connectivity index (χ0v) is 23.6. The number of imidazole rings is 1. The van der Waals surface area contributed by atoms with E-state index < -0.39 is 18.3 Å². The molecule has 10 nitrogen and oxygen atoms in total. The number of carbonyl (C=O) groups excluding carboxylic acids is 1. The predicted octanol–water partition coefficient (Wildman–Crippen LogP) is 3.41. The maximum Gasteiger partial charge on any atom is 0.296 e. The fourth-order valence-electron chi connectivity index (χ4n) is 5.72. The van der Waals surface area contributed by atoms with E-state index in [2.05, 4.69) is 15.0 Å². The third kappa shape index (κ3) is 5.73. The first-order valence-corrected chi connectivity index (χ1v) is 14.6. The van der Waals surface area contributed by atoms with Crippen LogP contribution >= 0.6 is 11.6 Å². The number of rotatable bonds is 6. The van der Waals surface area contributed by atoms with Gasteiger partial charge in [0.25, 0.3) is 11.9 Å². The van der Waals surface area contributed by atoms with Gasteiger partial charge in [-0.2, -0.15) is 4.98 Å². The molecule has 0 spiro atoms. The summed E-state index contributed by atoms with van der Waals surface area (Å²) in [6.07, 6.45) is -0.996. The molecule has 220 valence electrons. The molecule has 2 fully saturated rings. The number of ether oxygens (including phenoxy) is 1. The van der Waals surface area contributed by atoms with E-state index >= 15 is 0 Å². The summed E-state index contributed by atoms with van der Waals surface area (Å²) in [4.78, 5) is 26.7. The van der Waals surface area contributed by atoms with Crippen molar-refractivity contribution < 1.29 is 30.0 Å². The highest BCUT2D eigenvalue weighted by Gasteiger charge is 2.38. The van der Waals surface area contributed by atoms with Crippen LogP contribution in [0.2, 0.25) is 5.02 Å². The molecule has 4 aromatic rings. The lowest BCUT2D eigenvalue weighted by Gasteiger charge is -2.36. The van der Waals surface area contributed by atoms with Crippen molar-refractivity contribution in [1.29, 1.82) is 0 Å². The lowest BCUT2D eigenvalue weighted by Crippen LogP contribution is -2.49. The maximum absolute atomic E-state index is 12.8. The Morgan fingerprint density at radius 3 is 2.21 bits per heavy atom. The zero-order chi connectivity index (χ0) is 29.4. The summed E-state index contributed by atoms with van der Waals surface area (Å²) >= 11 is 6.59. The smallest absolute Gasteiger partial charge is 0.296 e. The predicted molar refractivity (Wildman–Crippen MR) is 157 cm³/mol. The third-order valence-corrected chi connectivity index (χ3v) is 8.60. The molecule has 0 bridgehead atoms. The number of pyridine rings is 1. The molecule has 2 aromatic heterocycles. The summed E-state index contributed by atoms with van der Waals surface area (Å²) in [5.41, 5.74) is 4.90. The summed E-state index contributed by atoms with van der Waals surface area (Å²) in [5.74, 6) is -0.399. The van der Waals surface area contributed by atoms with Gasteiger partial charge in [0.2, 0.25) is 0 Å². The number of likely N-dealkylation sites (tertiary alicyclic amines) is 1. The number of nitrogens with zero attached hydrogens (tertiary/aromatic N) is 3. The highest BCUT2D eigenvalue weighted by molar-refractivity contribution is 6.33. The topological polar surface area (TPSA) is 152 Å². The first kappa shape index (κ1) is 28.6. The number of aromatic nitrogens is 3. The Balaban J connectivity index is 1.15. The SMILES string of the molecule is O=C(c1ccc(-c2ccc(-c3nc4nc(O[C@H]5CC[C@H](CO)[C@@H](O)[C@@H]5O)[nH]c4cc3Cl)cc2)cc1)N1CCC(O)CC1. The Bertz CT molecular complexity index is 1550. The standard InChI is InChI=1S/C31H33ClN4O6/c32-23-15-24-29(35-31(33-24)42-25-10-9-21(16-37)27(39)28(25)40)34-26(23)19-5-1-17(2-6-19)18-3-7-20(8-4-18)30(41)36-13-11-22(38)12-14-36/h1-8,15,21-22,25,27-28,37-40H,9-14,16H2,(H,33,34,35)/t21-,25+,27-,28-/m1/s1. The minimum Gasteiger partial charge on any atom is -0.459 e. The van der Waals surface area contributed by atoms with E-state index in [4.69, 9.17) is 16.3 Å². The summed E-state index contributed by atoms with van der Waals surface area (Å²) in [7, 11) is 0. The van der Waals surface area contributed by atoms with Crippen molar-refractivity contribution in [3.63, 3.8) is 0 Å². The van der Waals surface area contributed by atoms with E-state index in [0.717, 1.165) is 16.7 Å². The number of hydrogen-bond donors (Lipinski definition) is 5. The van der Waals surface area contributed by atoms with E-state index in [1.54, 1.807) is 11.0 Å². The second kappa shape index (κ2) is 12.0. The van der Waals surface area contributed by atoms with Crippen LogP contribution in [0.1, 0.15) is 36.0 Å². The van der Waals surface area contributed by atoms with Crippen LogP contribution in [0.25, 0.3) is 33.5 Å². The second-order valence-corrected chi connectivity index (χ2v) is 11.5. The molecular formula is C31H33ClN4O6. The van der Waals surface area contributed by atoms with Crippen LogP contribution in [-0.2, 0) is 0 Å². The molecule has 42 heavy (non-hydrogen) atoms. The van der Waals surface area contributed by atoms with Crippen molar-refractivity contribution in [1.82, 2.24) is 19.9 Å². The number of carbonyl (C=O) groups is 1. The summed E-state index contributed by atoms with van der Waals surface area (Å²) in [6.45, 7) is 0.941. The lowest BCUT2D eigenvalue weighted by molar-refractivity contribution is -0.111. The number of aliphatic hydroxyl groups excluding tert-OH is 4. The van der Waals surface area contributed by atoms with Gasteiger partial charge in [-0.15, -0.1) is 0 Å².